The number of carboxylic acids is 1. The molecule has 1 aliphatic heterocycles. The topological polar surface area (TPSA) is 95.9 Å². The van der Waals surface area contributed by atoms with Crippen molar-refractivity contribution in [2.24, 2.45) is 17.3 Å². The molecule has 1 radical (unpaired) electrons. The minimum absolute atomic E-state index is 0.0893. The van der Waals surface area contributed by atoms with Crippen molar-refractivity contribution in [2.45, 2.75) is 84.4 Å². The number of carbonyl (C=O) groups is 3. The van der Waals surface area contributed by atoms with Crippen LogP contribution in [0.15, 0.2) is 0 Å². The first-order valence-corrected chi connectivity index (χ1v) is 10.1. The molecule has 2 fully saturated rings. The number of hydrogen-bond acceptors (Lipinski definition) is 4. The second-order valence-corrected chi connectivity index (χ2v) is 10.2. The third-order valence-corrected chi connectivity index (χ3v) is 5.96. The minimum Gasteiger partial charge on any atom is -0.479 e. The molecule has 2 amide bonds. The summed E-state index contributed by atoms with van der Waals surface area (Å²) in [6.07, 6.45) is 2.11. The van der Waals surface area contributed by atoms with Gasteiger partial charge in [0.1, 0.15) is 17.2 Å². The maximum atomic E-state index is 13.6. The standard InChI is InChI=1S/C21H35N2O5/c1-8-21(17(25)26)14-11-9-10-13(14)12-23(21)16(24)15(19(2,3)4)22-18(27)28-20(5,6)7/h13-15H,1,8-12H2,2-7H3,(H,22,27)(H,25,26)/t13-,14-,15+,21+/m0/s1. The highest BCUT2D eigenvalue weighted by Gasteiger charge is 2.61. The molecule has 7 nitrogen and oxygen atoms in total. The fraction of sp³-hybridized carbons (Fsp3) is 0.810. The first kappa shape index (κ1) is 22.5. The molecule has 1 saturated heterocycles. The molecule has 28 heavy (non-hydrogen) atoms. The Balaban J connectivity index is 2.35. The van der Waals surface area contributed by atoms with Gasteiger partial charge in [0.15, 0.2) is 0 Å². The third kappa shape index (κ3) is 4.13. The molecule has 1 heterocycles. The number of hydrogen-bond donors (Lipinski definition) is 2. The zero-order valence-electron chi connectivity index (χ0n) is 18.0. The molecule has 4 atom stereocenters. The van der Waals surface area contributed by atoms with Gasteiger partial charge in [0, 0.05) is 6.54 Å². The Bertz CT molecular complexity index is 634. The van der Waals surface area contributed by atoms with E-state index in [1.807, 2.05) is 20.8 Å². The predicted octanol–water partition coefficient (Wildman–Crippen LogP) is 3.23. The van der Waals surface area contributed by atoms with Gasteiger partial charge in [-0.1, -0.05) is 34.1 Å². The van der Waals surface area contributed by atoms with Gasteiger partial charge in [-0.2, -0.15) is 0 Å². The van der Waals surface area contributed by atoms with E-state index in [-0.39, 0.29) is 24.2 Å². The van der Waals surface area contributed by atoms with Crippen molar-refractivity contribution in [3.05, 3.63) is 6.92 Å². The average Bonchev–Trinajstić information content (AvgIpc) is 3.08. The lowest BCUT2D eigenvalue weighted by Gasteiger charge is -2.42. The molecular weight excluding hydrogens is 360 g/mol. The van der Waals surface area contributed by atoms with Crippen LogP contribution in [0.1, 0.15) is 67.2 Å². The molecule has 0 aromatic heterocycles. The van der Waals surface area contributed by atoms with Crippen molar-refractivity contribution in [2.75, 3.05) is 6.54 Å². The Morgan fingerprint density at radius 2 is 1.82 bits per heavy atom. The molecule has 2 rings (SSSR count). The Kier molecular flexibility index (Phi) is 6.07. The van der Waals surface area contributed by atoms with Crippen LogP contribution < -0.4 is 5.32 Å². The van der Waals surface area contributed by atoms with Crippen molar-refractivity contribution in [1.29, 1.82) is 0 Å². The van der Waals surface area contributed by atoms with Gasteiger partial charge in [0.05, 0.1) is 0 Å². The van der Waals surface area contributed by atoms with E-state index in [0.29, 0.717) is 6.54 Å². The number of carboxylic acid groups (broad SMARTS) is 1. The fourth-order valence-corrected chi connectivity index (χ4v) is 4.70. The van der Waals surface area contributed by atoms with Crippen LogP contribution in [0.4, 0.5) is 4.79 Å². The number of likely N-dealkylation sites (tertiary alicyclic amines) is 1. The first-order chi connectivity index (χ1) is 12.7. The molecule has 159 valence electrons. The number of amides is 2. The molecule has 0 bridgehead atoms. The Morgan fingerprint density at radius 3 is 2.29 bits per heavy atom. The zero-order chi connectivity index (χ0) is 21.5. The van der Waals surface area contributed by atoms with Crippen LogP contribution in [-0.2, 0) is 14.3 Å². The summed E-state index contributed by atoms with van der Waals surface area (Å²) in [5.74, 6) is -1.30. The lowest BCUT2D eigenvalue weighted by molar-refractivity contribution is -0.161. The van der Waals surface area contributed by atoms with Crippen LogP contribution in [-0.4, -0.2) is 51.7 Å². The van der Waals surface area contributed by atoms with Crippen LogP contribution >= 0.6 is 0 Å². The average molecular weight is 396 g/mol. The van der Waals surface area contributed by atoms with Crippen molar-refractivity contribution < 1.29 is 24.2 Å². The molecule has 0 aromatic carbocycles. The number of rotatable bonds is 4. The second kappa shape index (κ2) is 7.56. The van der Waals surface area contributed by atoms with E-state index >= 15 is 0 Å². The van der Waals surface area contributed by atoms with E-state index in [9.17, 15) is 19.5 Å². The van der Waals surface area contributed by atoms with Gasteiger partial charge in [-0.3, -0.25) is 4.79 Å². The Hall–Kier alpha value is -1.79. The molecule has 0 unspecified atom stereocenters. The maximum Gasteiger partial charge on any atom is 0.408 e. The van der Waals surface area contributed by atoms with Crippen molar-refractivity contribution in [3.63, 3.8) is 0 Å². The first-order valence-electron chi connectivity index (χ1n) is 10.1. The van der Waals surface area contributed by atoms with Gasteiger partial charge in [0.2, 0.25) is 5.91 Å². The number of nitrogens with zero attached hydrogens (tertiary/aromatic N) is 1. The Labute approximate surface area is 168 Å². The molecule has 1 aliphatic carbocycles. The summed E-state index contributed by atoms with van der Waals surface area (Å²) >= 11 is 0. The molecular formula is C21H35N2O5. The van der Waals surface area contributed by atoms with Gasteiger partial charge >= 0.3 is 12.1 Å². The highest BCUT2D eigenvalue weighted by molar-refractivity contribution is 5.93. The molecule has 2 N–H and O–H groups in total. The van der Waals surface area contributed by atoms with Gasteiger partial charge in [-0.15, -0.1) is 0 Å². The number of carbonyl (C=O) groups excluding carboxylic acids is 2. The van der Waals surface area contributed by atoms with E-state index < -0.39 is 34.7 Å². The lowest BCUT2D eigenvalue weighted by atomic mass is 9.78. The molecule has 2 aliphatic rings. The maximum absolute atomic E-state index is 13.6. The monoisotopic (exact) mass is 395 g/mol. The van der Waals surface area contributed by atoms with Crippen LogP contribution in [0.25, 0.3) is 0 Å². The van der Waals surface area contributed by atoms with Crippen molar-refractivity contribution in [1.82, 2.24) is 10.2 Å². The second-order valence-electron chi connectivity index (χ2n) is 10.2. The number of ether oxygens (including phenoxy) is 1. The van der Waals surface area contributed by atoms with Crippen LogP contribution in [0, 0.1) is 24.2 Å². The van der Waals surface area contributed by atoms with Gasteiger partial charge in [-0.25, -0.2) is 9.59 Å². The van der Waals surface area contributed by atoms with Gasteiger partial charge < -0.3 is 20.1 Å². The number of alkyl carbamates (subject to hydrolysis) is 1. The Morgan fingerprint density at radius 1 is 1.21 bits per heavy atom. The number of nitrogens with one attached hydrogen (secondary N) is 1. The van der Waals surface area contributed by atoms with E-state index in [1.54, 1.807) is 20.8 Å². The van der Waals surface area contributed by atoms with Crippen LogP contribution in [0.5, 0.6) is 0 Å². The summed E-state index contributed by atoms with van der Waals surface area (Å²) in [7, 11) is 0. The molecule has 1 saturated carbocycles. The third-order valence-electron chi connectivity index (χ3n) is 5.96. The molecule has 0 aromatic rings. The summed E-state index contributed by atoms with van der Waals surface area (Å²) < 4.78 is 5.33. The lowest BCUT2D eigenvalue weighted by Crippen LogP contribution is -2.63. The molecule has 7 heteroatoms. The predicted molar refractivity (Wildman–Crippen MR) is 105 cm³/mol. The zero-order valence-corrected chi connectivity index (χ0v) is 18.0. The van der Waals surface area contributed by atoms with E-state index in [0.717, 1.165) is 19.3 Å². The van der Waals surface area contributed by atoms with Crippen molar-refractivity contribution >= 4 is 18.0 Å². The highest BCUT2D eigenvalue weighted by atomic mass is 16.6. The highest BCUT2D eigenvalue weighted by Crippen LogP contribution is 2.50. The number of fused-ring (bicyclic) bond motifs is 1. The van der Waals surface area contributed by atoms with E-state index in [2.05, 4.69) is 12.2 Å². The summed E-state index contributed by atoms with van der Waals surface area (Å²) in [4.78, 5) is 39.8. The summed E-state index contributed by atoms with van der Waals surface area (Å²) in [5, 5.41) is 12.8. The van der Waals surface area contributed by atoms with E-state index in [1.165, 1.54) is 4.90 Å². The summed E-state index contributed by atoms with van der Waals surface area (Å²) in [5.41, 5.74) is -2.62. The van der Waals surface area contributed by atoms with Gasteiger partial charge in [0.25, 0.3) is 0 Å². The smallest absolute Gasteiger partial charge is 0.408 e. The fourth-order valence-electron chi connectivity index (χ4n) is 4.70. The van der Waals surface area contributed by atoms with Crippen molar-refractivity contribution in [3.8, 4) is 0 Å². The molecule has 0 spiro atoms. The van der Waals surface area contributed by atoms with E-state index in [4.69, 9.17) is 4.74 Å². The SMILES string of the molecule is [CH2]C[C@]1(C(=O)O)[C@H]2CCC[C@H]2CN1C(=O)[C@@H](NC(=O)OC(C)(C)C)C(C)(C)C. The normalized spacial score (nSPS) is 28.6. The van der Waals surface area contributed by atoms with Crippen LogP contribution in [0.3, 0.4) is 0 Å². The minimum atomic E-state index is -1.31. The summed E-state index contributed by atoms with van der Waals surface area (Å²) in [6, 6.07) is -0.897. The number of aliphatic carboxylic acids is 1. The summed E-state index contributed by atoms with van der Waals surface area (Å²) in [6.45, 7) is 15.1. The quantitative estimate of drug-likeness (QED) is 0.762. The van der Waals surface area contributed by atoms with Gasteiger partial charge in [-0.05, 0) is 57.3 Å². The largest absolute Gasteiger partial charge is 0.479 e. The van der Waals surface area contributed by atoms with Crippen LogP contribution in [0.2, 0.25) is 0 Å².